The van der Waals surface area contributed by atoms with E-state index in [1.54, 1.807) is 12.1 Å². The number of hydrogen-bond acceptors (Lipinski definition) is 3. The summed E-state index contributed by atoms with van der Waals surface area (Å²) in [4.78, 5) is 12.5. The van der Waals surface area contributed by atoms with E-state index in [1.807, 2.05) is 89.7 Å². The van der Waals surface area contributed by atoms with E-state index in [0.29, 0.717) is 30.9 Å². The van der Waals surface area contributed by atoms with Crippen LogP contribution >= 0.6 is 0 Å². The molecule has 0 spiro atoms. The smallest absolute Gasteiger partial charge is 0.251 e. The maximum absolute atomic E-state index is 12.5. The van der Waals surface area contributed by atoms with Crippen molar-refractivity contribution in [3.05, 3.63) is 114 Å². The number of nitrogens with zero attached hydrogens (tertiary/aromatic N) is 2. The molecule has 0 radical (unpaired) electrons. The first-order chi connectivity index (χ1) is 14.8. The molecule has 1 aromatic heterocycles. The van der Waals surface area contributed by atoms with Crippen molar-refractivity contribution >= 4 is 5.91 Å². The number of para-hydroxylation sites is 1. The molecule has 1 N–H and O–H groups in total. The zero-order valence-electron chi connectivity index (χ0n) is 16.6. The van der Waals surface area contributed by atoms with Crippen LogP contribution in [-0.2, 0) is 13.0 Å². The van der Waals surface area contributed by atoms with E-state index in [9.17, 15) is 4.79 Å². The van der Waals surface area contributed by atoms with Crippen LogP contribution in [0.3, 0.4) is 0 Å². The molecule has 0 aliphatic heterocycles. The topological polar surface area (TPSA) is 56.2 Å². The van der Waals surface area contributed by atoms with Crippen molar-refractivity contribution in [3.8, 4) is 11.4 Å². The lowest BCUT2D eigenvalue weighted by Gasteiger charge is -2.09. The van der Waals surface area contributed by atoms with Crippen molar-refractivity contribution in [2.24, 2.45) is 0 Å². The van der Waals surface area contributed by atoms with E-state index in [-0.39, 0.29) is 5.91 Å². The third kappa shape index (κ3) is 5.14. The second-order valence-corrected chi connectivity index (χ2v) is 6.90. The third-order valence-corrected chi connectivity index (χ3v) is 4.68. The summed E-state index contributed by atoms with van der Waals surface area (Å²) in [7, 11) is 0. The Labute approximate surface area is 175 Å². The number of nitrogens with one attached hydrogen (secondary N) is 1. The molecule has 5 nitrogen and oxygen atoms in total. The van der Waals surface area contributed by atoms with Gasteiger partial charge in [0.1, 0.15) is 12.4 Å². The van der Waals surface area contributed by atoms with Gasteiger partial charge in [-0.05, 0) is 42.0 Å². The maximum Gasteiger partial charge on any atom is 0.251 e. The molecular formula is C25H23N3O2. The first kappa shape index (κ1) is 19.5. The van der Waals surface area contributed by atoms with E-state index in [1.165, 1.54) is 0 Å². The molecule has 3 aromatic carbocycles. The Morgan fingerprint density at radius 2 is 1.67 bits per heavy atom. The third-order valence-electron chi connectivity index (χ3n) is 4.68. The van der Waals surface area contributed by atoms with E-state index >= 15 is 0 Å². The van der Waals surface area contributed by atoms with Crippen LogP contribution in [0.25, 0.3) is 5.69 Å². The molecule has 0 saturated carbocycles. The number of aromatic nitrogens is 2. The second-order valence-electron chi connectivity index (χ2n) is 6.90. The Morgan fingerprint density at radius 1 is 0.900 bits per heavy atom. The highest BCUT2D eigenvalue weighted by atomic mass is 16.5. The minimum Gasteiger partial charge on any atom is -0.489 e. The number of benzene rings is 3. The van der Waals surface area contributed by atoms with Gasteiger partial charge in [0.2, 0.25) is 0 Å². The predicted octanol–water partition coefficient (Wildman–Crippen LogP) is 4.42. The molecule has 4 aromatic rings. The van der Waals surface area contributed by atoms with E-state index in [2.05, 4.69) is 10.4 Å². The van der Waals surface area contributed by atoms with Crippen molar-refractivity contribution in [2.45, 2.75) is 13.0 Å². The van der Waals surface area contributed by atoms with Gasteiger partial charge >= 0.3 is 0 Å². The van der Waals surface area contributed by atoms with Crippen molar-refractivity contribution in [3.63, 3.8) is 0 Å². The molecule has 0 aliphatic carbocycles. The fraction of sp³-hybridized carbons (Fsp3) is 0.120. The van der Waals surface area contributed by atoms with Crippen LogP contribution in [0.15, 0.2) is 97.2 Å². The standard InChI is InChI=1S/C25H23N3O2/c29-25(21-10-7-13-24(18-21)30-19-20-8-3-1-4-9-20)26-16-14-22-15-17-28(27-22)23-11-5-2-6-12-23/h1-13,15,17-18H,14,16,19H2,(H,26,29). The number of rotatable bonds is 8. The second kappa shape index (κ2) is 9.56. The summed E-state index contributed by atoms with van der Waals surface area (Å²) in [6.07, 6.45) is 2.59. The highest BCUT2D eigenvalue weighted by molar-refractivity contribution is 5.94. The van der Waals surface area contributed by atoms with Gasteiger partial charge in [-0.3, -0.25) is 4.79 Å². The Hall–Kier alpha value is -3.86. The van der Waals surface area contributed by atoms with Gasteiger partial charge in [0.15, 0.2) is 0 Å². The van der Waals surface area contributed by atoms with E-state index < -0.39 is 0 Å². The zero-order valence-corrected chi connectivity index (χ0v) is 16.6. The Bertz CT molecular complexity index is 1090. The fourth-order valence-electron chi connectivity index (χ4n) is 3.09. The molecule has 150 valence electrons. The van der Waals surface area contributed by atoms with Gasteiger partial charge in [-0.15, -0.1) is 0 Å². The number of carbonyl (C=O) groups is 1. The van der Waals surface area contributed by atoms with Gasteiger partial charge in [-0.25, -0.2) is 4.68 Å². The minimum absolute atomic E-state index is 0.123. The van der Waals surface area contributed by atoms with Gasteiger partial charge in [0.25, 0.3) is 5.91 Å². The number of hydrogen-bond donors (Lipinski definition) is 1. The summed E-state index contributed by atoms with van der Waals surface area (Å²) in [5.74, 6) is 0.552. The molecule has 30 heavy (non-hydrogen) atoms. The molecule has 5 heteroatoms. The molecule has 4 rings (SSSR count). The predicted molar refractivity (Wildman–Crippen MR) is 117 cm³/mol. The molecule has 0 atom stereocenters. The number of ether oxygens (including phenoxy) is 1. The zero-order chi connectivity index (χ0) is 20.6. The van der Waals surface area contributed by atoms with Crippen LogP contribution < -0.4 is 10.1 Å². The lowest BCUT2D eigenvalue weighted by molar-refractivity contribution is 0.0953. The van der Waals surface area contributed by atoms with Crippen molar-refractivity contribution in [1.29, 1.82) is 0 Å². The van der Waals surface area contributed by atoms with Crippen LogP contribution in [0, 0.1) is 0 Å². The average Bonchev–Trinajstić information content (AvgIpc) is 3.28. The molecule has 0 unspecified atom stereocenters. The molecule has 0 aliphatic rings. The quantitative estimate of drug-likeness (QED) is 0.479. The first-order valence-corrected chi connectivity index (χ1v) is 9.93. The molecule has 0 fully saturated rings. The fourth-order valence-corrected chi connectivity index (χ4v) is 3.09. The lowest BCUT2D eigenvalue weighted by atomic mass is 10.2. The van der Waals surface area contributed by atoms with Crippen molar-refractivity contribution in [1.82, 2.24) is 15.1 Å². The van der Waals surface area contributed by atoms with Gasteiger partial charge in [0, 0.05) is 24.7 Å². The summed E-state index contributed by atoms with van der Waals surface area (Å²) < 4.78 is 7.65. The normalized spacial score (nSPS) is 10.5. The SMILES string of the molecule is O=C(NCCc1ccn(-c2ccccc2)n1)c1cccc(OCc2ccccc2)c1. The lowest BCUT2D eigenvalue weighted by Crippen LogP contribution is -2.25. The summed E-state index contributed by atoms with van der Waals surface area (Å²) in [6.45, 7) is 0.982. The van der Waals surface area contributed by atoms with Crippen LogP contribution in [0.2, 0.25) is 0 Å². The first-order valence-electron chi connectivity index (χ1n) is 9.93. The highest BCUT2D eigenvalue weighted by Crippen LogP contribution is 2.15. The summed E-state index contributed by atoms with van der Waals surface area (Å²) >= 11 is 0. The molecular weight excluding hydrogens is 374 g/mol. The van der Waals surface area contributed by atoms with Crippen LogP contribution in [-0.4, -0.2) is 22.2 Å². The van der Waals surface area contributed by atoms with E-state index in [0.717, 1.165) is 16.9 Å². The summed E-state index contributed by atoms with van der Waals surface area (Å²) in [5.41, 5.74) is 3.61. The summed E-state index contributed by atoms with van der Waals surface area (Å²) in [6, 6.07) is 29.1. The Kier molecular flexibility index (Phi) is 6.20. The Balaban J connectivity index is 1.28. The van der Waals surface area contributed by atoms with Crippen LogP contribution in [0.4, 0.5) is 0 Å². The number of amides is 1. The summed E-state index contributed by atoms with van der Waals surface area (Å²) in [5, 5.41) is 7.52. The van der Waals surface area contributed by atoms with Crippen LogP contribution in [0.5, 0.6) is 5.75 Å². The molecule has 1 heterocycles. The molecule has 1 amide bonds. The minimum atomic E-state index is -0.123. The number of carbonyl (C=O) groups excluding carboxylic acids is 1. The Morgan fingerprint density at radius 3 is 2.47 bits per heavy atom. The maximum atomic E-state index is 12.5. The molecule has 0 bridgehead atoms. The van der Waals surface area contributed by atoms with Gasteiger partial charge < -0.3 is 10.1 Å². The monoisotopic (exact) mass is 397 g/mol. The van der Waals surface area contributed by atoms with Crippen LogP contribution in [0.1, 0.15) is 21.6 Å². The van der Waals surface area contributed by atoms with Gasteiger partial charge in [-0.2, -0.15) is 5.10 Å². The van der Waals surface area contributed by atoms with Crippen molar-refractivity contribution < 1.29 is 9.53 Å². The molecule has 0 saturated heterocycles. The van der Waals surface area contributed by atoms with Crippen molar-refractivity contribution in [2.75, 3.05) is 6.54 Å². The largest absolute Gasteiger partial charge is 0.489 e. The van der Waals surface area contributed by atoms with Gasteiger partial charge in [-0.1, -0.05) is 54.6 Å². The average molecular weight is 397 g/mol. The highest BCUT2D eigenvalue weighted by Gasteiger charge is 2.08. The van der Waals surface area contributed by atoms with E-state index in [4.69, 9.17) is 4.74 Å². The van der Waals surface area contributed by atoms with Gasteiger partial charge in [0.05, 0.1) is 11.4 Å².